The summed E-state index contributed by atoms with van der Waals surface area (Å²) in [7, 11) is 0. The van der Waals surface area contributed by atoms with Crippen LogP contribution in [0.5, 0.6) is 0 Å². The van der Waals surface area contributed by atoms with Crippen LogP contribution in [0.3, 0.4) is 0 Å². The van der Waals surface area contributed by atoms with Gasteiger partial charge in [-0.2, -0.15) is 0 Å². The molecular formula is C20H23N3O. The minimum atomic E-state index is 0.156. The molecule has 1 N–H and O–H groups in total. The van der Waals surface area contributed by atoms with Crippen LogP contribution in [0.2, 0.25) is 0 Å². The van der Waals surface area contributed by atoms with Crippen molar-refractivity contribution in [2.24, 2.45) is 23.7 Å². The summed E-state index contributed by atoms with van der Waals surface area (Å²) in [6, 6.07) is 10.8. The Morgan fingerprint density at radius 1 is 1.17 bits per heavy atom. The largest absolute Gasteiger partial charge is 0.352 e. The Kier molecular flexibility index (Phi) is 3.25. The molecule has 3 fully saturated rings. The third kappa shape index (κ3) is 2.36. The van der Waals surface area contributed by atoms with E-state index in [1.54, 1.807) is 0 Å². The van der Waals surface area contributed by atoms with Gasteiger partial charge in [-0.3, -0.25) is 4.79 Å². The summed E-state index contributed by atoms with van der Waals surface area (Å²) in [5.74, 6) is 3.54. The second kappa shape index (κ2) is 5.47. The number of hydrogen-bond acceptors (Lipinski definition) is 2. The van der Waals surface area contributed by atoms with Crippen molar-refractivity contribution in [1.29, 1.82) is 0 Å². The number of hydrogen-bond donors (Lipinski definition) is 1. The number of fused-ring (bicyclic) bond motifs is 5. The van der Waals surface area contributed by atoms with Crippen LogP contribution >= 0.6 is 0 Å². The number of amides is 1. The molecule has 4 unspecified atom stereocenters. The summed E-state index contributed by atoms with van der Waals surface area (Å²) in [6.07, 6.45) is 8.27. The van der Waals surface area contributed by atoms with Crippen molar-refractivity contribution >= 4 is 5.91 Å². The number of carbonyl (C=O) groups is 1. The topological polar surface area (TPSA) is 46.9 Å². The van der Waals surface area contributed by atoms with Crippen LogP contribution in [0.1, 0.15) is 30.5 Å². The van der Waals surface area contributed by atoms with E-state index in [4.69, 9.17) is 0 Å². The van der Waals surface area contributed by atoms with Gasteiger partial charge in [0.05, 0.1) is 12.7 Å². The van der Waals surface area contributed by atoms with Crippen LogP contribution < -0.4 is 5.32 Å². The van der Waals surface area contributed by atoms with Crippen molar-refractivity contribution < 1.29 is 4.79 Å². The van der Waals surface area contributed by atoms with Crippen molar-refractivity contribution in [3.05, 3.63) is 54.1 Å². The van der Waals surface area contributed by atoms with Gasteiger partial charge in [0, 0.05) is 24.5 Å². The lowest BCUT2D eigenvalue weighted by atomic mass is 10.0. The number of nitrogens with zero attached hydrogens (tertiary/aromatic N) is 2. The number of nitrogens with one attached hydrogen (secondary N) is 1. The highest BCUT2D eigenvalue weighted by Gasteiger charge is 2.65. The van der Waals surface area contributed by atoms with E-state index in [2.05, 4.69) is 27.0 Å². The molecule has 4 heteroatoms. The number of benzene rings is 1. The molecule has 2 aromatic rings. The summed E-state index contributed by atoms with van der Waals surface area (Å²) in [4.78, 5) is 16.7. The van der Waals surface area contributed by atoms with Gasteiger partial charge in [0.15, 0.2) is 0 Å². The normalized spacial score (nSPS) is 32.6. The first-order valence-corrected chi connectivity index (χ1v) is 9.12. The molecular weight excluding hydrogens is 298 g/mol. The Morgan fingerprint density at radius 2 is 1.92 bits per heavy atom. The highest BCUT2D eigenvalue weighted by molar-refractivity contribution is 5.79. The SMILES string of the molecule is O=C(Cc1cncn1Cc1ccccc1)NC1C2C3CCC(C3)C12. The Balaban J connectivity index is 1.21. The molecule has 4 nitrogen and oxygen atoms in total. The van der Waals surface area contributed by atoms with E-state index in [0.29, 0.717) is 12.5 Å². The summed E-state index contributed by atoms with van der Waals surface area (Å²) < 4.78 is 2.08. The fourth-order valence-corrected chi connectivity index (χ4v) is 5.34. The molecule has 1 aromatic carbocycles. The second-order valence-corrected chi connectivity index (χ2v) is 7.76. The van der Waals surface area contributed by atoms with Gasteiger partial charge in [0.2, 0.25) is 5.91 Å². The zero-order chi connectivity index (χ0) is 16.1. The van der Waals surface area contributed by atoms with E-state index in [1.165, 1.54) is 24.8 Å². The lowest BCUT2D eigenvalue weighted by Crippen LogP contribution is -2.31. The first kappa shape index (κ1) is 14.3. The van der Waals surface area contributed by atoms with E-state index in [9.17, 15) is 4.79 Å². The molecule has 1 heterocycles. The quantitative estimate of drug-likeness (QED) is 0.920. The molecule has 0 spiro atoms. The lowest BCUT2D eigenvalue weighted by molar-refractivity contribution is -0.120. The molecule has 4 atom stereocenters. The van der Waals surface area contributed by atoms with Gasteiger partial charge in [-0.05, 0) is 48.5 Å². The molecule has 24 heavy (non-hydrogen) atoms. The molecule has 3 aliphatic carbocycles. The molecule has 2 bridgehead atoms. The summed E-state index contributed by atoms with van der Waals surface area (Å²) in [5.41, 5.74) is 2.22. The average molecular weight is 321 g/mol. The van der Waals surface area contributed by atoms with Crippen LogP contribution in [0.25, 0.3) is 0 Å². The molecule has 1 amide bonds. The third-order valence-electron chi connectivity index (χ3n) is 6.40. The molecule has 124 valence electrons. The van der Waals surface area contributed by atoms with E-state index >= 15 is 0 Å². The van der Waals surface area contributed by atoms with E-state index in [-0.39, 0.29) is 5.91 Å². The summed E-state index contributed by atoms with van der Waals surface area (Å²) >= 11 is 0. The minimum absolute atomic E-state index is 0.156. The van der Waals surface area contributed by atoms with Crippen LogP contribution in [-0.4, -0.2) is 21.5 Å². The molecule has 3 aliphatic rings. The zero-order valence-corrected chi connectivity index (χ0v) is 13.8. The van der Waals surface area contributed by atoms with Crippen LogP contribution in [0.4, 0.5) is 0 Å². The van der Waals surface area contributed by atoms with Crippen molar-refractivity contribution in [1.82, 2.24) is 14.9 Å². The first-order chi connectivity index (χ1) is 11.8. The van der Waals surface area contributed by atoms with Crippen molar-refractivity contribution in [3.63, 3.8) is 0 Å². The number of rotatable bonds is 5. The molecule has 3 saturated carbocycles. The van der Waals surface area contributed by atoms with Gasteiger partial charge in [0.25, 0.3) is 0 Å². The smallest absolute Gasteiger partial charge is 0.226 e. The minimum Gasteiger partial charge on any atom is -0.352 e. The van der Waals surface area contributed by atoms with Crippen molar-refractivity contribution in [3.8, 4) is 0 Å². The van der Waals surface area contributed by atoms with Crippen LogP contribution in [0.15, 0.2) is 42.9 Å². The predicted octanol–water partition coefficient (Wildman–Crippen LogP) is 2.63. The van der Waals surface area contributed by atoms with Gasteiger partial charge in [-0.15, -0.1) is 0 Å². The lowest BCUT2D eigenvalue weighted by Gasteiger charge is -2.12. The highest BCUT2D eigenvalue weighted by Crippen LogP contribution is 2.65. The Morgan fingerprint density at radius 3 is 2.67 bits per heavy atom. The Hall–Kier alpha value is -2.10. The van der Waals surface area contributed by atoms with E-state index in [1.807, 2.05) is 30.7 Å². The maximum absolute atomic E-state index is 12.5. The van der Waals surface area contributed by atoms with Gasteiger partial charge in [-0.1, -0.05) is 30.3 Å². The van der Waals surface area contributed by atoms with E-state index in [0.717, 1.165) is 35.9 Å². The fourth-order valence-electron chi connectivity index (χ4n) is 5.34. The maximum atomic E-state index is 12.5. The monoisotopic (exact) mass is 321 g/mol. The van der Waals surface area contributed by atoms with Crippen molar-refractivity contribution in [2.45, 2.75) is 38.3 Å². The van der Waals surface area contributed by atoms with Gasteiger partial charge < -0.3 is 9.88 Å². The van der Waals surface area contributed by atoms with Crippen molar-refractivity contribution in [2.75, 3.05) is 0 Å². The maximum Gasteiger partial charge on any atom is 0.226 e. The van der Waals surface area contributed by atoms with Gasteiger partial charge in [0.1, 0.15) is 0 Å². The average Bonchev–Trinajstić information content (AvgIpc) is 2.98. The standard InChI is InChI=1S/C20H23N3O/c24-17(22-20-18-14-6-7-15(8-14)19(18)20)9-16-10-21-12-23(16)11-13-4-2-1-3-5-13/h1-5,10,12,14-15,18-20H,6-9,11H2,(H,22,24). The van der Waals surface area contributed by atoms with E-state index < -0.39 is 0 Å². The summed E-state index contributed by atoms with van der Waals surface area (Å²) in [6.45, 7) is 0.766. The van der Waals surface area contributed by atoms with Crippen LogP contribution in [-0.2, 0) is 17.8 Å². The number of carbonyl (C=O) groups excluding carboxylic acids is 1. The van der Waals surface area contributed by atoms with Gasteiger partial charge in [-0.25, -0.2) is 4.98 Å². The molecule has 0 saturated heterocycles. The van der Waals surface area contributed by atoms with Crippen LogP contribution in [0, 0.1) is 23.7 Å². The fraction of sp³-hybridized carbons (Fsp3) is 0.500. The number of aromatic nitrogens is 2. The van der Waals surface area contributed by atoms with Gasteiger partial charge >= 0.3 is 0 Å². The predicted molar refractivity (Wildman–Crippen MR) is 91.2 cm³/mol. The zero-order valence-electron chi connectivity index (χ0n) is 13.8. The Bertz CT molecular complexity index is 737. The second-order valence-electron chi connectivity index (χ2n) is 7.76. The first-order valence-electron chi connectivity index (χ1n) is 9.12. The molecule has 1 aromatic heterocycles. The molecule has 5 rings (SSSR count). The third-order valence-corrected chi connectivity index (χ3v) is 6.40. The summed E-state index contributed by atoms with van der Waals surface area (Å²) in [5, 5.41) is 3.31. The highest BCUT2D eigenvalue weighted by atomic mass is 16.1. The number of imidazole rings is 1. The molecule has 0 radical (unpaired) electrons. The Labute approximate surface area is 142 Å². The molecule has 0 aliphatic heterocycles.